The van der Waals surface area contributed by atoms with Crippen molar-refractivity contribution < 1.29 is 33.0 Å². The Morgan fingerprint density at radius 3 is 2.60 bits per heavy atom. The number of amides is 1. The lowest BCUT2D eigenvalue weighted by Gasteiger charge is -2.27. The third-order valence-corrected chi connectivity index (χ3v) is 9.60. The minimum atomic E-state index is -1.06. The lowest BCUT2D eigenvalue weighted by Crippen LogP contribution is -2.23. The number of carbonyl (C=O) groups is 2. The van der Waals surface area contributed by atoms with Crippen molar-refractivity contribution in [1.29, 1.82) is 0 Å². The Balaban J connectivity index is 1.24. The molecule has 5 aromatic rings. The summed E-state index contributed by atoms with van der Waals surface area (Å²) in [5.41, 5.74) is 5.31. The van der Waals surface area contributed by atoms with Gasteiger partial charge in [-0.15, -0.1) is 0 Å². The van der Waals surface area contributed by atoms with E-state index in [1.165, 1.54) is 6.08 Å². The SMILES string of the molecule is COCc1nc2c3c(c(OC)cc2n1C)-c1cccn2c(C(=O)c4cc(F)c(NC(=O)/C=C/CN5CC[C@H](O)C5)c(F)c4)cc(c12)CCN3C. The number of likely N-dealkylation sites (N-methyl/N-ethyl adjacent to an activating group) is 1. The fraction of sp³-hybridized carbons (Fsp3) is 0.324. The highest BCUT2D eigenvalue weighted by molar-refractivity contribution is 6.11. The van der Waals surface area contributed by atoms with Crippen LogP contribution in [0.5, 0.6) is 5.75 Å². The first-order valence-corrected chi connectivity index (χ1v) is 16.4. The number of hydrogen-bond acceptors (Lipinski definition) is 8. The number of aryl methyl sites for hydroxylation is 1. The second-order valence-corrected chi connectivity index (χ2v) is 12.8. The van der Waals surface area contributed by atoms with Crippen molar-refractivity contribution in [3.63, 3.8) is 0 Å². The number of aromatic nitrogens is 3. The standard InChI is InChI=1S/C37H38F2N6O5/c1-42-13-9-21-17-28(37(48)22-15-25(38)33(26(39)16-22)41-31(47)8-6-11-44-14-10-23(46)19-44)45-12-5-7-24(35(21)45)32-29(50-4)18-27-34(36(32)42)40-30(20-49-3)43(27)2/h5-8,12,15-18,23,46H,9-11,13-14,19-20H2,1-4H3,(H,41,47)/b8-6+/t23-/m0/s1. The summed E-state index contributed by atoms with van der Waals surface area (Å²) in [6.07, 6.45) is 5.39. The Hall–Kier alpha value is -5.11. The van der Waals surface area contributed by atoms with Crippen LogP contribution in [0.2, 0.25) is 0 Å². The number of β-amino-alcohol motifs (C(OH)–C–C–N with tert-alkyl or cyclic N) is 1. The summed E-state index contributed by atoms with van der Waals surface area (Å²) in [6, 6.07) is 9.41. The zero-order valence-electron chi connectivity index (χ0n) is 28.3. The highest BCUT2D eigenvalue weighted by Crippen LogP contribution is 2.47. The van der Waals surface area contributed by atoms with E-state index in [9.17, 15) is 14.7 Å². The number of benzene rings is 2. The van der Waals surface area contributed by atoms with E-state index in [2.05, 4.69) is 10.2 Å². The van der Waals surface area contributed by atoms with Crippen molar-refractivity contribution in [2.45, 2.75) is 25.6 Å². The summed E-state index contributed by atoms with van der Waals surface area (Å²) in [5, 5.41) is 11.9. The quantitative estimate of drug-likeness (QED) is 0.170. The number of nitrogens with zero attached hydrogens (tertiary/aromatic N) is 5. The number of rotatable bonds is 9. The number of likely N-dealkylation sites (tertiary alicyclic amines) is 1. The number of aliphatic hydroxyl groups excluding tert-OH is 1. The van der Waals surface area contributed by atoms with E-state index in [1.54, 1.807) is 37.0 Å². The Morgan fingerprint density at radius 2 is 1.90 bits per heavy atom. The molecular weight excluding hydrogens is 646 g/mol. The first kappa shape index (κ1) is 33.4. The van der Waals surface area contributed by atoms with Gasteiger partial charge in [-0.3, -0.25) is 14.5 Å². The Labute approximate surface area is 287 Å². The largest absolute Gasteiger partial charge is 0.496 e. The zero-order valence-corrected chi connectivity index (χ0v) is 28.3. The molecule has 0 saturated carbocycles. The van der Waals surface area contributed by atoms with Gasteiger partial charge in [-0.2, -0.15) is 0 Å². The molecule has 260 valence electrons. The lowest BCUT2D eigenvalue weighted by atomic mass is 9.96. The molecule has 11 nitrogen and oxygen atoms in total. The molecule has 3 aromatic heterocycles. The molecule has 0 aliphatic carbocycles. The molecule has 1 atom stereocenters. The maximum atomic E-state index is 15.3. The summed E-state index contributed by atoms with van der Waals surface area (Å²) in [4.78, 5) is 35.5. The molecule has 2 aliphatic heterocycles. The fourth-order valence-electron chi connectivity index (χ4n) is 7.11. The Bertz CT molecular complexity index is 2170. The van der Waals surface area contributed by atoms with Gasteiger partial charge in [-0.25, -0.2) is 13.8 Å². The van der Waals surface area contributed by atoms with Gasteiger partial charge in [0.1, 0.15) is 41.0 Å². The van der Waals surface area contributed by atoms with E-state index >= 15 is 8.78 Å². The molecule has 2 aromatic carbocycles. The third-order valence-electron chi connectivity index (χ3n) is 9.60. The average Bonchev–Trinajstić information content (AvgIpc) is 3.78. The van der Waals surface area contributed by atoms with Gasteiger partial charge in [0.25, 0.3) is 0 Å². The predicted octanol–water partition coefficient (Wildman–Crippen LogP) is 4.71. The van der Waals surface area contributed by atoms with Crippen LogP contribution in [-0.4, -0.2) is 89.2 Å². The molecule has 2 aliphatic rings. The van der Waals surface area contributed by atoms with E-state index in [-0.39, 0.29) is 11.3 Å². The highest BCUT2D eigenvalue weighted by Gasteiger charge is 2.29. The average molecular weight is 685 g/mol. The van der Waals surface area contributed by atoms with Gasteiger partial charge in [0, 0.05) is 76.9 Å². The topological polar surface area (TPSA) is 114 Å². The molecule has 1 fully saturated rings. The van der Waals surface area contributed by atoms with Gasteiger partial charge >= 0.3 is 0 Å². The number of halogens is 2. The highest BCUT2D eigenvalue weighted by atomic mass is 19.1. The molecule has 50 heavy (non-hydrogen) atoms. The maximum absolute atomic E-state index is 15.3. The van der Waals surface area contributed by atoms with Crippen LogP contribution in [-0.2, 0) is 29.6 Å². The van der Waals surface area contributed by atoms with Gasteiger partial charge in [0.05, 0.1) is 41.2 Å². The van der Waals surface area contributed by atoms with Crippen molar-refractivity contribution in [2.24, 2.45) is 7.05 Å². The molecule has 0 spiro atoms. The molecular formula is C37H38F2N6O5. The molecule has 2 N–H and O–H groups in total. The molecule has 7 rings (SSSR count). The maximum Gasteiger partial charge on any atom is 0.248 e. The van der Waals surface area contributed by atoms with Crippen LogP contribution in [0.25, 0.3) is 27.7 Å². The summed E-state index contributed by atoms with van der Waals surface area (Å²) in [6.45, 7) is 2.57. The smallest absolute Gasteiger partial charge is 0.248 e. The fourth-order valence-corrected chi connectivity index (χ4v) is 7.11. The molecule has 0 unspecified atom stereocenters. The zero-order chi connectivity index (χ0) is 35.3. The van der Waals surface area contributed by atoms with Crippen LogP contribution >= 0.6 is 0 Å². The Kier molecular flexibility index (Phi) is 8.89. The number of nitrogens with one attached hydrogen (secondary N) is 1. The van der Waals surface area contributed by atoms with E-state index in [4.69, 9.17) is 14.5 Å². The molecule has 13 heteroatoms. The minimum Gasteiger partial charge on any atom is -0.496 e. The number of imidazole rings is 1. The summed E-state index contributed by atoms with van der Waals surface area (Å²) < 4.78 is 45.7. The van der Waals surface area contributed by atoms with Crippen LogP contribution in [0.4, 0.5) is 20.2 Å². The van der Waals surface area contributed by atoms with E-state index in [0.717, 1.165) is 56.9 Å². The van der Waals surface area contributed by atoms with Crippen molar-refractivity contribution in [3.05, 3.63) is 89.0 Å². The van der Waals surface area contributed by atoms with Crippen LogP contribution < -0.4 is 15.0 Å². The molecule has 0 bridgehead atoms. The van der Waals surface area contributed by atoms with E-state index < -0.39 is 35.1 Å². The van der Waals surface area contributed by atoms with Crippen LogP contribution in [0.1, 0.15) is 33.9 Å². The number of anilines is 2. The molecule has 1 saturated heterocycles. The van der Waals surface area contributed by atoms with Crippen LogP contribution in [0.15, 0.2) is 54.7 Å². The number of fused-ring (bicyclic) bond motifs is 4. The molecule has 0 radical (unpaired) electrons. The number of methoxy groups -OCH3 is 2. The lowest BCUT2D eigenvalue weighted by molar-refractivity contribution is -0.112. The van der Waals surface area contributed by atoms with Crippen molar-refractivity contribution in [3.8, 4) is 16.9 Å². The number of hydrogen-bond donors (Lipinski definition) is 2. The number of ether oxygens (including phenoxy) is 2. The van der Waals surface area contributed by atoms with Crippen molar-refractivity contribution in [2.75, 3.05) is 57.7 Å². The van der Waals surface area contributed by atoms with Crippen molar-refractivity contribution >= 4 is 39.6 Å². The Morgan fingerprint density at radius 1 is 1.12 bits per heavy atom. The summed E-state index contributed by atoms with van der Waals surface area (Å²) in [7, 11) is 7.18. The number of pyridine rings is 1. The van der Waals surface area contributed by atoms with E-state index in [0.29, 0.717) is 51.4 Å². The second kappa shape index (κ2) is 13.3. The first-order valence-electron chi connectivity index (χ1n) is 16.4. The minimum absolute atomic E-state index is 0.191. The van der Waals surface area contributed by atoms with Gasteiger partial charge in [-0.1, -0.05) is 12.1 Å². The number of ketones is 1. The molecule has 5 heterocycles. The van der Waals surface area contributed by atoms with Gasteiger partial charge < -0.3 is 33.8 Å². The van der Waals surface area contributed by atoms with Crippen molar-refractivity contribution in [1.82, 2.24) is 18.9 Å². The normalized spacial score (nSPS) is 16.3. The summed E-state index contributed by atoms with van der Waals surface area (Å²) in [5.74, 6) is -2.01. The second-order valence-electron chi connectivity index (χ2n) is 12.8. The predicted molar refractivity (Wildman–Crippen MR) is 186 cm³/mol. The van der Waals surface area contributed by atoms with Gasteiger partial charge in [0.2, 0.25) is 11.7 Å². The van der Waals surface area contributed by atoms with Gasteiger partial charge in [0.15, 0.2) is 0 Å². The van der Waals surface area contributed by atoms with Crippen LogP contribution in [0.3, 0.4) is 0 Å². The van der Waals surface area contributed by atoms with E-state index in [1.807, 2.05) is 41.8 Å². The number of aliphatic hydroxyl groups is 1. The first-order chi connectivity index (χ1) is 24.1. The monoisotopic (exact) mass is 684 g/mol. The van der Waals surface area contributed by atoms with Gasteiger partial charge in [-0.05, 0) is 42.7 Å². The molecule has 1 amide bonds. The third kappa shape index (κ3) is 5.80. The number of carbonyl (C=O) groups excluding carboxylic acids is 2. The van der Waals surface area contributed by atoms with Crippen LogP contribution in [0, 0.1) is 11.6 Å². The summed E-state index contributed by atoms with van der Waals surface area (Å²) >= 11 is 0.